The van der Waals surface area contributed by atoms with Gasteiger partial charge in [-0.1, -0.05) is 18.2 Å². The molecule has 0 heterocycles. The van der Waals surface area contributed by atoms with E-state index >= 15 is 0 Å². The lowest BCUT2D eigenvalue weighted by molar-refractivity contribution is -0.259. The van der Waals surface area contributed by atoms with Crippen LogP contribution in [0.3, 0.4) is 0 Å². The van der Waals surface area contributed by atoms with Crippen molar-refractivity contribution in [3.63, 3.8) is 0 Å². The van der Waals surface area contributed by atoms with Gasteiger partial charge in [0.25, 0.3) is 0 Å². The topological polar surface area (TPSA) is 0 Å². The molecule has 0 fully saturated rings. The summed E-state index contributed by atoms with van der Waals surface area (Å²) >= 11 is 7.93. The van der Waals surface area contributed by atoms with E-state index in [0.717, 1.165) is 0 Å². The van der Waals surface area contributed by atoms with Crippen molar-refractivity contribution in [2.45, 2.75) is 22.4 Å². The Kier molecular flexibility index (Phi) is 3.65. The van der Waals surface area contributed by atoms with E-state index in [4.69, 9.17) is 0 Å². The SMILES string of the molecule is C=CC(F)(F)C(F)(F)C(F)(Cl)C(F)(F)Cl. The summed E-state index contributed by atoms with van der Waals surface area (Å²) in [5.41, 5.74) is 0. The summed E-state index contributed by atoms with van der Waals surface area (Å²) in [5, 5.41) is -10.8. The van der Waals surface area contributed by atoms with Crippen LogP contribution in [0.5, 0.6) is 0 Å². The fraction of sp³-hybridized carbons (Fsp3) is 0.667. The molecule has 0 aliphatic heterocycles. The number of alkyl halides is 9. The van der Waals surface area contributed by atoms with Gasteiger partial charge in [-0.2, -0.15) is 26.3 Å². The lowest BCUT2D eigenvalue weighted by Gasteiger charge is -2.34. The van der Waals surface area contributed by atoms with E-state index in [1.165, 1.54) is 0 Å². The number of rotatable bonds is 4. The van der Waals surface area contributed by atoms with Crippen molar-refractivity contribution in [3.8, 4) is 0 Å². The van der Waals surface area contributed by atoms with Gasteiger partial charge in [0, 0.05) is 0 Å². The van der Waals surface area contributed by atoms with Gasteiger partial charge in [0.1, 0.15) is 0 Å². The molecule has 0 aromatic rings. The van der Waals surface area contributed by atoms with Crippen LogP contribution in [-0.2, 0) is 0 Å². The highest BCUT2D eigenvalue weighted by atomic mass is 35.5. The minimum Gasteiger partial charge on any atom is -0.211 e. The van der Waals surface area contributed by atoms with Crippen LogP contribution in [0.1, 0.15) is 0 Å². The van der Waals surface area contributed by atoms with Crippen LogP contribution in [0.25, 0.3) is 0 Å². The van der Waals surface area contributed by atoms with E-state index in [2.05, 4.69) is 29.8 Å². The average Bonchev–Trinajstić information content (AvgIpc) is 2.01. The van der Waals surface area contributed by atoms with Crippen LogP contribution in [-0.4, -0.2) is 22.4 Å². The Balaban J connectivity index is 5.47. The number of halogens is 9. The molecular formula is C6H3Cl2F7. The highest BCUT2D eigenvalue weighted by molar-refractivity contribution is 6.33. The highest BCUT2D eigenvalue weighted by Gasteiger charge is 2.77. The van der Waals surface area contributed by atoms with Crippen LogP contribution < -0.4 is 0 Å². The lowest BCUT2D eigenvalue weighted by atomic mass is 10.1. The first-order valence-corrected chi connectivity index (χ1v) is 3.90. The molecule has 1 atom stereocenters. The zero-order valence-electron chi connectivity index (χ0n) is 6.69. The Morgan fingerprint density at radius 1 is 0.867 bits per heavy atom. The van der Waals surface area contributed by atoms with Crippen molar-refractivity contribution in [3.05, 3.63) is 12.7 Å². The molecule has 0 rings (SSSR count). The maximum Gasteiger partial charge on any atom is 0.375 e. The summed E-state index contributed by atoms with van der Waals surface area (Å²) in [5.74, 6) is -11.2. The molecule has 0 aromatic heterocycles. The molecule has 9 heteroatoms. The van der Waals surface area contributed by atoms with Gasteiger partial charge in [-0.25, -0.2) is 4.39 Å². The molecule has 0 spiro atoms. The lowest BCUT2D eigenvalue weighted by Crippen LogP contribution is -2.59. The molecule has 0 radical (unpaired) electrons. The molecule has 0 saturated heterocycles. The highest BCUT2D eigenvalue weighted by Crippen LogP contribution is 2.55. The molecule has 0 aliphatic rings. The fourth-order valence-corrected chi connectivity index (χ4v) is 0.760. The minimum atomic E-state index is -5.91. The van der Waals surface area contributed by atoms with Crippen molar-refractivity contribution in [1.29, 1.82) is 0 Å². The van der Waals surface area contributed by atoms with Gasteiger partial charge in [-0.3, -0.25) is 0 Å². The molecule has 15 heavy (non-hydrogen) atoms. The molecule has 0 aromatic carbocycles. The van der Waals surface area contributed by atoms with E-state index in [0.29, 0.717) is 0 Å². The smallest absolute Gasteiger partial charge is 0.211 e. The van der Waals surface area contributed by atoms with Gasteiger partial charge in [0.2, 0.25) is 0 Å². The zero-order chi connectivity index (χ0) is 12.7. The minimum absolute atomic E-state index is 0.702. The third-order valence-corrected chi connectivity index (χ3v) is 2.26. The fourth-order valence-electron chi connectivity index (χ4n) is 0.516. The standard InChI is InChI=1S/C6H3Cl2F7/c1-2-3(9,10)5(12,13)4(7,11)6(8,14)15/h2H,1H2. The molecular weight excluding hydrogens is 276 g/mol. The first-order valence-electron chi connectivity index (χ1n) is 3.15. The van der Waals surface area contributed by atoms with E-state index < -0.39 is 28.4 Å². The largest absolute Gasteiger partial charge is 0.375 e. The first kappa shape index (κ1) is 14.8. The third kappa shape index (κ3) is 2.18. The van der Waals surface area contributed by atoms with Crippen LogP contribution in [0.15, 0.2) is 12.7 Å². The number of allylic oxidation sites excluding steroid dienone is 1. The van der Waals surface area contributed by atoms with Gasteiger partial charge in [-0.15, -0.1) is 0 Å². The van der Waals surface area contributed by atoms with E-state index in [1.54, 1.807) is 0 Å². The molecule has 1 unspecified atom stereocenters. The zero-order valence-corrected chi connectivity index (χ0v) is 8.20. The molecule has 90 valence electrons. The van der Waals surface area contributed by atoms with Crippen LogP contribution >= 0.6 is 23.2 Å². The molecule has 0 nitrogen and oxygen atoms in total. The molecule has 0 amide bonds. The summed E-state index contributed by atoms with van der Waals surface area (Å²) in [6.45, 7) is 2.25. The number of hydrogen-bond acceptors (Lipinski definition) is 0. The second kappa shape index (κ2) is 3.69. The van der Waals surface area contributed by atoms with Crippen LogP contribution in [0.4, 0.5) is 30.7 Å². The van der Waals surface area contributed by atoms with Gasteiger partial charge < -0.3 is 0 Å². The summed E-state index contributed by atoms with van der Waals surface area (Å²) < 4.78 is 86.7. The van der Waals surface area contributed by atoms with Gasteiger partial charge >= 0.3 is 22.4 Å². The van der Waals surface area contributed by atoms with Gasteiger partial charge in [-0.05, 0) is 17.7 Å². The Morgan fingerprint density at radius 2 is 1.20 bits per heavy atom. The predicted octanol–water partition coefficient (Wildman–Crippen LogP) is 4.18. The first-order chi connectivity index (χ1) is 6.31. The maximum absolute atomic E-state index is 12.7. The Hall–Kier alpha value is -0.170. The van der Waals surface area contributed by atoms with Crippen molar-refractivity contribution in [2.75, 3.05) is 0 Å². The Bertz CT molecular complexity index is 255. The summed E-state index contributed by atoms with van der Waals surface area (Å²) in [6, 6.07) is 0. The van der Waals surface area contributed by atoms with Crippen LogP contribution in [0.2, 0.25) is 0 Å². The Labute approximate surface area is 89.6 Å². The number of hydrogen-bond donors (Lipinski definition) is 0. The Morgan fingerprint density at radius 3 is 1.40 bits per heavy atom. The molecule has 0 saturated carbocycles. The quantitative estimate of drug-likeness (QED) is 0.411. The maximum atomic E-state index is 12.7. The molecule has 0 aliphatic carbocycles. The van der Waals surface area contributed by atoms with E-state index in [-0.39, 0.29) is 0 Å². The summed E-state index contributed by atoms with van der Waals surface area (Å²) in [6.07, 6.45) is -0.702. The van der Waals surface area contributed by atoms with Crippen molar-refractivity contribution < 1.29 is 30.7 Å². The van der Waals surface area contributed by atoms with Crippen molar-refractivity contribution >= 4 is 23.2 Å². The molecule has 0 bridgehead atoms. The third-order valence-electron chi connectivity index (χ3n) is 1.43. The second-order valence-electron chi connectivity index (χ2n) is 2.47. The average molecular weight is 279 g/mol. The van der Waals surface area contributed by atoms with Gasteiger partial charge in [0.15, 0.2) is 0 Å². The monoisotopic (exact) mass is 278 g/mol. The summed E-state index contributed by atoms with van der Waals surface area (Å²) in [4.78, 5) is 0. The van der Waals surface area contributed by atoms with Crippen molar-refractivity contribution in [1.82, 2.24) is 0 Å². The van der Waals surface area contributed by atoms with E-state index in [1.807, 2.05) is 0 Å². The van der Waals surface area contributed by atoms with Crippen LogP contribution in [0, 0.1) is 0 Å². The molecule has 0 N–H and O–H groups in total. The van der Waals surface area contributed by atoms with E-state index in [9.17, 15) is 30.7 Å². The normalized spacial score (nSPS) is 18.5. The summed E-state index contributed by atoms with van der Waals surface area (Å²) in [7, 11) is 0. The van der Waals surface area contributed by atoms with Crippen molar-refractivity contribution in [2.24, 2.45) is 0 Å². The second-order valence-corrected chi connectivity index (χ2v) is 3.47. The van der Waals surface area contributed by atoms with Gasteiger partial charge in [0.05, 0.1) is 0 Å². The predicted molar refractivity (Wildman–Crippen MR) is 40.6 cm³/mol.